The van der Waals surface area contributed by atoms with Crippen LogP contribution < -0.4 is 5.32 Å². The molecular weight excluding hydrogens is 384 g/mol. The fraction of sp³-hybridized carbons (Fsp3) is 0.222. The Morgan fingerprint density at radius 2 is 2.20 bits per heavy atom. The van der Waals surface area contributed by atoms with E-state index in [1.54, 1.807) is 12.1 Å². The van der Waals surface area contributed by atoms with Crippen LogP contribution >= 0.6 is 15.9 Å². The van der Waals surface area contributed by atoms with Crippen LogP contribution in [0.15, 0.2) is 45.5 Å². The highest BCUT2D eigenvalue weighted by Gasteiger charge is 2.15. The van der Waals surface area contributed by atoms with Crippen LogP contribution in [0.2, 0.25) is 0 Å². The summed E-state index contributed by atoms with van der Waals surface area (Å²) in [5.41, 5.74) is 3.95. The third-order valence-corrected chi connectivity index (χ3v) is 4.50. The number of carbonyl (C=O) groups excluding carboxylic acids is 1. The van der Waals surface area contributed by atoms with Gasteiger partial charge in [-0.25, -0.2) is 4.98 Å². The number of carbonyl (C=O) groups is 1. The van der Waals surface area contributed by atoms with Crippen LogP contribution in [0.5, 0.6) is 0 Å². The van der Waals surface area contributed by atoms with Crippen molar-refractivity contribution in [3.05, 3.63) is 52.6 Å². The average Bonchev–Trinajstić information content (AvgIpc) is 3.24. The molecule has 0 unspecified atom stereocenters. The van der Waals surface area contributed by atoms with Gasteiger partial charge in [0.05, 0.1) is 23.1 Å². The van der Waals surface area contributed by atoms with Gasteiger partial charge in [-0.2, -0.15) is 0 Å². The van der Waals surface area contributed by atoms with Crippen molar-refractivity contribution < 1.29 is 9.21 Å². The number of para-hydroxylation sites is 2. The number of aromatic nitrogens is 3. The number of nitrogens with zero attached hydrogens (tertiary/aromatic N) is 2. The van der Waals surface area contributed by atoms with Crippen LogP contribution in [0.25, 0.3) is 22.1 Å². The Labute approximate surface area is 152 Å². The summed E-state index contributed by atoms with van der Waals surface area (Å²) in [5.74, 6) is 0.673. The second-order valence-electron chi connectivity index (χ2n) is 5.86. The van der Waals surface area contributed by atoms with Crippen LogP contribution in [0.4, 0.5) is 0 Å². The van der Waals surface area contributed by atoms with Crippen molar-refractivity contribution in [2.45, 2.75) is 26.4 Å². The van der Waals surface area contributed by atoms with Crippen molar-refractivity contribution in [2.75, 3.05) is 0 Å². The molecule has 0 saturated carbocycles. The number of fused-ring (bicyclic) bond motifs is 2. The predicted molar refractivity (Wildman–Crippen MR) is 99.5 cm³/mol. The molecular formula is C18H17BrN4O2. The molecule has 2 N–H and O–H groups in total. The van der Waals surface area contributed by atoms with Gasteiger partial charge in [-0.3, -0.25) is 4.79 Å². The standard InChI is InChI=1S/C18H17BrN4O2/c1-2-7-23-14-6-4-3-5-11(14)22-17(23)10-20-18(24)13-8-15-12(21-13)9-16(19)25-15/h3-6,8-9,21H,2,7,10H2,1H3,(H,20,24). The fourth-order valence-electron chi connectivity index (χ4n) is 3.00. The minimum absolute atomic E-state index is 0.183. The molecule has 0 atom stereocenters. The summed E-state index contributed by atoms with van der Waals surface area (Å²) in [6.45, 7) is 3.37. The predicted octanol–water partition coefficient (Wildman–Crippen LogP) is 4.21. The SMILES string of the molecule is CCCn1c(CNC(=O)c2cc3oc(Br)cc3[nH]2)nc2ccccc21. The number of furan rings is 1. The van der Waals surface area contributed by atoms with Gasteiger partial charge in [0, 0.05) is 18.7 Å². The quantitative estimate of drug-likeness (QED) is 0.526. The molecule has 7 heteroatoms. The summed E-state index contributed by atoms with van der Waals surface area (Å²) in [4.78, 5) is 20.1. The fourth-order valence-corrected chi connectivity index (χ4v) is 3.40. The minimum atomic E-state index is -0.183. The van der Waals surface area contributed by atoms with Gasteiger partial charge in [0.25, 0.3) is 5.91 Å². The summed E-state index contributed by atoms with van der Waals surface area (Å²) < 4.78 is 8.23. The summed E-state index contributed by atoms with van der Waals surface area (Å²) in [5, 5.41) is 2.93. The first-order chi connectivity index (χ1) is 12.2. The van der Waals surface area contributed by atoms with Crippen LogP contribution in [0.3, 0.4) is 0 Å². The lowest BCUT2D eigenvalue weighted by Crippen LogP contribution is -2.25. The van der Waals surface area contributed by atoms with E-state index >= 15 is 0 Å². The van der Waals surface area contributed by atoms with Crippen molar-refractivity contribution in [1.29, 1.82) is 0 Å². The Kier molecular flexibility index (Phi) is 4.09. The van der Waals surface area contributed by atoms with E-state index in [4.69, 9.17) is 4.42 Å². The summed E-state index contributed by atoms with van der Waals surface area (Å²) >= 11 is 3.27. The monoisotopic (exact) mass is 400 g/mol. The van der Waals surface area contributed by atoms with Gasteiger partial charge < -0.3 is 19.3 Å². The maximum absolute atomic E-state index is 12.4. The van der Waals surface area contributed by atoms with Gasteiger partial charge in [0.2, 0.25) is 0 Å². The zero-order valence-electron chi connectivity index (χ0n) is 13.7. The highest BCUT2D eigenvalue weighted by Crippen LogP contribution is 2.23. The van der Waals surface area contributed by atoms with Gasteiger partial charge in [0.15, 0.2) is 10.3 Å². The van der Waals surface area contributed by atoms with Crippen molar-refractivity contribution in [3.63, 3.8) is 0 Å². The number of halogens is 1. The van der Waals surface area contributed by atoms with Crippen molar-refractivity contribution in [1.82, 2.24) is 19.9 Å². The Balaban J connectivity index is 1.55. The maximum atomic E-state index is 12.4. The zero-order chi connectivity index (χ0) is 17.4. The van der Waals surface area contributed by atoms with E-state index in [1.807, 2.05) is 18.2 Å². The number of rotatable bonds is 5. The number of aromatic amines is 1. The molecule has 1 amide bonds. The number of hydrogen-bond acceptors (Lipinski definition) is 3. The molecule has 0 bridgehead atoms. The Bertz CT molecular complexity index is 1030. The van der Waals surface area contributed by atoms with Gasteiger partial charge in [-0.15, -0.1) is 0 Å². The molecule has 3 heterocycles. The molecule has 1 aromatic carbocycles. The third-order valence-electron chi connectivity index (χ3n) is 4.11. The number of aryl methyl sites for hydroxylation is 1. The third kappa shape index (κ3) is 2.95. The summed E-state index contributed by atoms with van der Waals surface area (Å²) in [6, 6.07) is 11.5. The minimum Gasteiger partial charge on any atom is -0.448 e. The lowest BCUT2D eigenvalue weighted by Gasteiger charge is -2.08. The smallest absolute Gasteiger partial charge is 0.268 e. The first-order valence-electron chi connectivity index (χ1n) is 8.16. The van der Waals surface area contributed by atoms with Crippen LogP contribution in [0, 0.1) is 0 Å². The highest BCUT2D eigenvalue weighted by atomic mass is 79.9. The van der Waals surface area contributed by atoms with Gasteiger partial charge in [-0.1, -0.05) is 19.1 Å². The lowest BCUT2D eigenvalue weighted by atomic mass is 10.3. The topological polar surface area (TPSA) is 75.8 Å². The van der Waals surface area contributed by atoms with E-state index in [1.165, 1.54) is 0 Å². The first kappa shape index (κ1) is 16.0. The second kappa shape index (κ2) is 6.40. The van der Waals surface area contributed by atoms with E-state index in [0.717, 1.165) is 35.3 Å². The van der Waals surface area contributed by atoms with E-state index < -0.39 is 0 Å². The van der Waals surface area contributed by atoms with Gasteiger partial charge in [-0.05, 0) is 34.5 Å². The molecule has 6 nitrogen and oxygen atoms in total. The summed E-state index contributed by atoms with van der Waals surface area (Å²) in [6.07, 6.45) is 1.00. The number of hydrogen-bond donors (Lipinski definition) is 2. The Hall–Kier alpha value is -2.54. The Morgan fingerprint density at radius 3 is 3.00 bits per heavy atom. The first-order valence-corrected chi connectivity index (χ1v) is 8.95. The summed E-state index contributed by atoms with van der Waals surface area (Å²) in [7, 11) is 0. The molecule has 0 fully saturated rings. The van der Waals surface area contributed by atoms with E-state index in [-0.39, 0.29) is 5.91 Å². The second-order valence-corrected chi connectivity index (χ2v) is 6.64. The molecule has 25 heavy (non-hydrogen) atoms. The average molecular weight is 401 g/mol. The highest BCUT2D eigenvalue weighted by molar-refractivity contribution is 9.10. The van der Waals surface area contributed by atoms with Crippen molar-refractivity contribution in [3.8, 4) is 0 Å². The molecule has 3 aromatic heterocycles. The van der Waals surface area contributed by atoms with Gasteiger partial charge in [0.1, 0.15) is 11.5 Å². The van der Waals surface area contributed by atoms with E-state index in [9.17, 15) is 4.79 Å². The van der Waals surface area contributed by atoms with E-state index in [0.29, 0.717) is 22.5 Å². The molecule has 0 aliphatic carbocycles. The number of amides is 1. The Morgan fingerprint density at radius 1 is 1.36 bits per heavy atom. The van der Waals surface area contributed by atoms with Crippen molar-refractivity contribution in [2.24, 2.45) is 0 Å². The van der Waals surface area contributed by atoms with Crippen LogP contribution in [-0.4, -0.2) is 20.4 Å². The van der Waals surface area contributed by atoms with Crippen LogP contribution in [-0.2, 0) is 13.1 Å². The van der Waals surface area contributed by atoms with Crippen LogP contribution in [0.1, 0.15) is 29.7 Å². The molecule has 4 aromatic rings. The number of nitrogens with one attached hydrogen (secondary N) is 2. The molecule has 0 saturated heterocycles. The molecule has 0 aliphatic rings. The van der Waals surface area contributed by atoms with E-state index in [2.05, 4.69) is 48.8 Å². The number of H-pyrrole nitrogens is 1. The normalized spacial score (nSPS) is 11.4. The largest absolute Gasteiger partial charge is 0.448 e. The van der Waals surface area contributed by atoms with Crippen molar-refractivity contribution >= 4 is 44.0 Å². The molecule has 128 valence electrons. The lowest BCUT2D eigenvalue weighted by molar-refractivity contribution is 0.0945. The maximum Gasteiger partial charge on any atom is 0.268 e. The molecule has 4 rings (SSSR count). The molecule has 0 spiro atoms. The van der Waals surface area contributed by atoms with Gasteiger partial charge >= 0.3 is 0 Å². The number of benzene rings is 1. The number of imidazole rings is 1. The zero-order valence-corrected chi connectivity index (χ0v) is 15.3. The molecule has 0 aliphatic heterocycles. The molecule has 0 radical (unpaired) electrons.